The SMILES string of the molecule is CCOc1cc([C@@H](CS(C)(=O)=O)N2C(=O)c3ccc([15NH2])c(C(C)=O)c3C2=O)ccc1OC. The number of methoxy groups -OCH3 is 1. The van der Waals surface area contributed by atoms with Crippen LogP contribution in [0.3, 0.4) is 0 Å². The number of nitrogens with zero attached hydrogens (tertiary/aromatic N) is 1. The molecule has 1 atom stereocenters. The Bertz CT molecular complexity index is 1220. The van der Waals surface area contributed by atoms with Crippen LogP contribution < -0.4 is 15.2 Å². The van der Waals surface area contributed by atoms with Gasteiger partial charge < -0.3 is 15.2 Å². The molecule has 0 radical (unpaired) electrons. The van der Waals surface area contributed by atoms with Gasteiger partial charge in [-0.25, -0.2) is 8.42 Å². The molecule has 1 aliphatic rings. The predicted molar refractivity (Wildman–Crippen MR) is 118 cm³/mol. The van der Waals surface area contributed by atoms with Gasteiger partial charge in [0.15, 0.2) is 17.3 Å². The molecule has 2 N–H and O–H groups in total. The maximum Gasteiger partial charge on any atom is 0.262 e. The first-order chi connectivity index (χ1) is 15.0. The standard InChI is InChI=1S/C22H24N2O7S/c1-5-31-18-10-13(6-9-17(18)30-3)16(11-32(4,28)29)24-21(26)14-7-8-15(23)19(12(2)25)20(14)22(24)27/h6-10,16H,5,11,23H2,1-4H3/t16-/m1/s1/i23+1. The zero-order valence-corrected chi connectivity index (χ0v) is 19.0. The molecule has 1 aliphatic heterocycles. The molecule has 0 spiro atoms. The maximum atomic E-state index is 13.4. The van der Waals surface area contributed by atoms with Crippen LogP contribution in [-0.4, -0.2) is 56.6 Å². The lowest BCUT2D eigenvalue weighted by Gasteiger charge is -2.27. The second-order valence-electron chi connectivity index (χ2n) is 7.44. The molecule has 0 unspecified atom stereocenters. The number of fused-ring (bicyclic) bond motifs is 1. The van der Waals surface area contributed by atoms with Gasteiger partial charge in [-0.1, -0.05) is 6.07 Å². The summed E-state index contributed by atoms with van der Waals surface area (Å²) >= 11 is 0. The van der Waals surface area contributed by atoms with E-state index >= 15 is 0 Å². The lowest BCUT2D eigenvalue weighted by atomic mass is 9.99. The summed E-state index contributed by atoms with van der Waals surface area (Å²) in [7, 11) is -2.17. The van der Waals surface area contributed by atoms with Gasteiger partial charge in [-0.3, -0.25) is 19.3 Å². The number of nitrogen functional groups attached to an aromatic ring is 1. The number of rotatable bonds is 8. The number of ketones is 1. The lowest BCUT2D eigenvalue weighted by Crippen LogP contribution is -2.38. The third-order valence-electron chi connectivity index (χ3n) is 5.12. The first-order valence-corrected chi connectivity index (χ1v) is 11.9. The maximum absolute atomic E-state index is 13.4. The van der Waals surface area contributed by atoms with Crippen molar-refractivity contribution in [2.45, 2.75) is 19.9 Å². The van der Waals surface area contributed by atoms with Crippen LogP contribution >= 0.6 is 0 Å². The third kappa shape index (κ3) is 4.18. The number of anilines is 1. The molecule has 170 valence electrons. The van der Waals surface area contributed by atoms with E-state index in [2.05, 4.69) is 0 Å². The highest BCUT2D eigenvalue weighted by Gasteiger charge is 2.44. The summed E-state index contributed by atoms with van der Waals surface area (Å²) in [6.45, 7) is 3.35. The van der Waals surface area contributed by atoms with Crippen molar-refractivity contribution < 1.29 is 32.3 Å². The lowest BCUT2D eigenvalue weighted by molar-refractivity contribution is 0.0595. The number of sulfone groups is 1. The molecule has 0 bridgehead atoms. The van der Waals surface area contributed by atoms with E-state index < -0.39 is 39.2 Å². The van der Waals surface area contributed by atoms with Gasteiger partial charge in [0.2, 0.25) is 0 Å². The van der Waals surface area contributed by atoms with E-state index in [4.69, 9.17) is 15.2 Å². The van der Waals surface area contributed by atoms with Crippen LogP contribution in [0.15, 0.2) is 30.3 Å². The number of hydrogen-bond acceptors (Lipinski definition) is 8. The Morgan fingerprint density at radius 1 is 1.12 bits per heavy atom. The fourth-order valence-electron chi connectivity index (χ4n) is 3.80. The molecule has 0 fully saturated rings. The summed E-state index contributed by atoms with van der Waals surface area (Å²) < 4.78 is 35.3. The molecule has 1 heterocycles. The molecule has 3 rings (SSSR count). The van der Waals surface area contributed by atoms with E-state index in [1.165, 1.54) is 26.2 Å². The van der Waals surface area contributed by atoms with Gasteiger partial charge in [-0.2, -0.15) is 0 Å². The van der Waals surface area contributed by atoms with Crippen molar-refractivity contribution >= 4 is 33.1 Å². The highest BCUT2D eigenvalue weighted by molar-refractivity contribution is 7.90. The summed E-state index contributed by atoms with van der Waals surface area (Å²) in [5.74, 6) is -1.69. The van der Waals surface area contributed by atoms with Crippen LogP contribution in [-0.2, 0) is 9.84 Å². The molecular weight excluding hydrogens is 437 g/mol. The Morgan fingerprint density at radius 2 is 1.81 bits per heavy atom. The van der Waals surface area contributed by atoms with Gasteiger partial charge >= 0.3 is 0 Å². The van der Waals surface area contributed by atoms with E-state index in [9.17, 15) is 22.8 Å². The Labute approximate surface area is 186 Å². The second-order valence-corrected chi connectivity index (χ2v) is 9.63. The molecule has 32 heavy (non-hydrogen) atoms. The van der Waals surface area contributed by atoms with Gasteiger partial charge in [-0.15, -0.1) is 0 Å². The predicted octanol–water partition coefficient (Wildman–Crippen LogP) is 2.26. The molecule has 2 aromatic rings. The van der Waals surface area contributed by atoms with Crippen molar-refractivity contribution in [2.24, 2.45) is 0 Å². The molecule has 2 amide bonds. The summed E-state index contributed by atoms with van der Waals surface area (Å²) in [6.07, 6.45) is 1.02. The molecule has 2 aromatic carbocycles. The molecule has 0 saturated carbocycles. The highest BCUT2D eigenvalue weighted by atomic mass is 32.2. The number of carbonyl (C=O) groups excluding carboxylic acids is 3. The van der Waals surface area contributed by atoms with Crippen molar-refractivity contribution in [1.29, 1.82) is 0 Å². The minimum Gasteiger partial charge on any atom is -0.493 e. The van der Waals surface area contributed by atoms with Crippen molar-refractivity contribution in [3.8, 4) is 11.5 Å². The largest absolute Gasteiger partial charge is 0.493 e. The summed E-state index contributed by atoms with van der Waals surface area (Å²) in [6, 6.07) is 6.30. The van der Waals surface area contributed by atoms with Gasteiger partial charge in [-0.05, 0) is 43.7 Å². The van der Waals surface area contributed by atoms with Crippen LogP contribution in [0.5, 0.6) is 11.5 Å². The van der Waals surface area contributed by atoms with Crippen LogP contribution in [0.4, 0.5) is 5.69 Å². The number of ether oxygens (including phenoxy) is 2. The average Bonchev–Trinajstić information content (AvgIpc) is 2.95. The number of hydrogen-bond donors (Lipinski definition) is 1. The Kier molecular flexibility index (Phi) is 6.27. The highest BCUT2D eigenvalue weighted by Crippen LogP contribution is 2.38. The molecule has 9 nitrogen and oxygen atoms in total. The number of benzene rings is 2. The van der Waals surface area contributed by atoms with E-state index in [0.717, 1.165) is 11.2 Å². The minimum absolute atomic E-state index is 0.00597. The van der Waals surface area contributed by atoms with E-state index in [0.29, 0.717) is 23.7 Å². The first kappa shape index (κ1) is 23.3. The zero-order chi connectivity index (χ0) is 23.8. The fraction of sp³-hybridized carbons (Fsp3) is 0.318. The van der Waals surface area contributed by atoms with E-state index in [1.54, 1.807) is 25.1 Å². The average molecular weight is 462 g/mol. The summed E-state index contributed by atoms with van der Waals surface area (Å²) in [5.41, 5.74) is 6.18. The molecular formula is C22H24N2O7S. The van der Waals surface area contributed by atoms with Gasteiger partial charge in [0.05, 0.1) is 42.2 Å². The van der Waals surface area contributed by atoms with E-state index in [1.807, 2.05) is 0 Å². The number of carbonyl (C=O) groups is 3. The first-order valence-electron chi connectivity index (χ1n) is 9.79. The Hall–Kier alpha value is -3.40. The van der Waals surface area contributed by atoms with Gasteiger partial charge in [0.25, 0.3) is 11.8 Å². The Balaban J connectivity index is 2.19. The number of amides is 2. The van der Waals surface area contributed by atoms with Crippen LogP contribution in [0, 0.1) is 0 Å². The van der Waals surface area contributed by atoms with Crippen LogP contribution in [0.25, 0.3) is 0 Å². The second kappa shape index (κ2) is 8.62. The fourth-order valence-corrected chi connectivity index (χ4v) is 4.71. The molecule has 0 saturated heterocycles. The van der Waals surface area contributed by atoms with Crippen molar-refractivity contribution in [1.82, 2.24) is 4.90 Å². The number of imide groups is 1. The molecule has 0 aromatic heterocycles. The van der Waals surface area contributed by atoms with E-state index in [-0.39, 0.29) is 22.4 Å². The van der Waals surface area contributed by atoms with Gasteiger partial charge in [0.1, 0.15) is 9.84 Å². The van der Waals surface area contributed by atoms with Gasteiger partial charge in [0, 0.05) is 11.9 Å². The van der Waals surface area contributed by atoms with Crippen LogP contribution in [0.2, 0.25) is 0 Å². The molecule has 0 aliphatic carbocycles. The topological polar surface area (TPSA) is 133 Å². The Morgan fingerprint density at radius 3 is 2.38 bits per heavy atom. The van der Waals surface area contributed by atoms with Crippen molar-refractivity contribution in [2.75, 3.05) is 31.5 Å². The monoisotopic (exact) mass is 461 g/mol. The smallest absolute Gasteiger partial charge is 0.262 e. The number of Topliss-reactive ketones (excluding diaryl/α,β-unsaturated/α-hetero) is 1. The summed E-state index contributed by atoms with van der Waals surface area (Å²) in [4.78, 5) is 39.6. The minimum atomic E-state index is -3.63. The normalized spacial score (nSPS) is 14.3. The zero-order valence-electron chi connectivity index (χ0n) is 18.2. The van der Waals surface area contributed by atoms with Crippen LogP contribution in [0.1, 0.15) is 56.5 Å². The van der Waals surface area contributed by atoms with Crippen molar-refractivity contribution in [3.63, 3.8) is 0 Å². The third-order valence-corrected chi connectivity index (χ3v) is 6.04. The summed E-state index contributed by atoms with van der Waals surface area (Å²) in [5, 5.41) is 0. The number of nitrogens with two attached hydrogens (primary N) is 1. The quantitative estimate of drug-likeness (QED) is 0.274. The van der Waals surface area contributed by atoms with Crippen molar-refractivity contribution in [3.05, 3.63) is 52.6 Å². The molecule has 10 heteroatoms.